The van der Waals surface area contributed by atoms with E-state index < -0.39 is 5.60 Å². The lowest BCUT2D eigenvalue weighted by molar-refractivity contribution is 0.0517. The second-order valence-electron chi connectivity index (χ2n) is 7.08. The minimum atomic E-state index is -0.448. The second-order valence-corrected chi connectivity index (χ2v) is 7.08. The van der Waals surface area contributed by atoms with Gasteiger partial charge in [0, 0.05) is 30.4 Å². The van der Waals surface area contributed by atoms with E-state index in [1.807, 2.05) is 33.9 Å². The van der Waals surface area contributed by atoms with Crippen molar-refractivity contribution in [1.29, 1.82) is 0 Å². The molecule has 1 heterocycles. The summed E-state index contributed by atoms with van der Waals surface area (Å²) in [6.45, 7) is 9.13. The third-order valence-corrected chi connectivity index (χ3v) is 4.06. The Bertz CT molecular complexity index is 493. The van der Waals surface area contributed by atoms with E-state index in [9.17, 15) is 4.79 Å². The molecule has 1 aromatic rings. The smallest absolute Gasteiger partial charge is 0.407 e. The molecule has 6 heteroatoms. The van der Waals surface area contributed by atoms with Crippen molar-refractivity contribution in [3.8, 4) is 0 Å². The largest absolute Gasteiger partial charge is 0.444 e. The number of aromatic amines is 1. The second kappa shape index (κ2) is 7.13. The highest BCUT2D eigenvalue weighted by Crippen LogP contribution is 2.25. The molecule has 1 aromatic heterocycles. The summed E-state index contributed by atoms with van der Waals surface area (Å²) in [6.07, 6.45) is 5.02. The molecule has 1 aliphatic carbocycles. The molecule has 0 aliphatic heterocycles. The molecule has 1 fully saturated rings. The van der Waals surface area contributed by atoms with E-state index in [0.717, 1.165) is 25.1 Å². The summed E-state index contributed by atoms with van der Waals surface area (Å²) in [7, 11) is 0. The van der Waals surface area contributed by atoms with Gasteiger partial charge in [-0.2, -0.15) is 5.10 Å². The number of rotatable bonds is 5. The maximum atomic E-state index is 11.7. The zero-order valence-electron chi connectivity index (χ0n) is 14.0. The zero-order valence-corrected chi connectivity index (χ0v) is 14.0. The fourth-order valence-corrected chi connectivity index (χ4v) is 2.87. The van der Waals surface area contributed by atoms with E-state index in [1.165, 1.54) is 12.0 Å². The lowest BCUT2D eigenvalue weighted by Gasteiger charge is -2.23. The SMILES string of the molecule is Cc1[nH]ncc1CNC1CCCC1CNC(=O)OC(C)(C)C. The standard InChI is InChI=1S/C16H28N4O2/c1-11-13(10-19-20-11)9-17-14-7-5-6-12(14)8-18-15(21)22-16(2,3)4/h10,12,14,17H,5-9H2,1-4H3,(H,18,21)(H,19,20). The van der Waals surface area contributed by atoms with Crippen molar-refractivity contribution in [1.82, 2.24) is 20.8 Å². The van der Waals surface area contributed by atoms with Gasteiger partial charge in [-0.25, -0.2) is 4.79 Å². The lowest BCUT2D eigenvalue weighted by Crippen LogP contribution is -2.40. The van der Waals surface area contributed by atoms with Gasteiger partial charge in [0.2, 0.25) is 0 Å². The van der Waals surface area contributed by atoms with E-state index in [2.05, 4.69) is 20.8 Å². The number of aromatic nitrogens is 2. The Morgan fingerprint density at radius 1 is 1.45 bits per heavy atom. The first kappa shape index (κ1) is 16.8. The van der Waals surface area contributed by atoms with Crippen LogP contribution in [0, 0.1) is 12.8 Å². The number of H-pyrrole nitrogens is 1. The number of aryl methyl sites for hydroxylation is 1. The van der Waals surface area contributed by atoms with Crippen molar-refractivity contribution in [2.75, 3.05) is 6.54 Å². The van der Waals surface area contributed by atoms with Gasteiger partial charge in [0.1, 0.15) is 5.60 Å². The van der Waals surface area contributed by atoms with Crippen LogP contribution < -0.4 is 10.6 Å². The molecule has 1 amide bonds. The van der Waals surface area contributed by atoms with Crippen molar-refractivity contribution in [2.24, 2.45) is 5.92 Å². The number of hydrogen-bond acceptors (Lipinski definition) is 4. The van der Waals surface area contributed by atoms with Crippen molar-refractivity contribution in [3.63, 3.8) is 0 Å². The van der Waals surface area contributed by atoms with E-state index in [1.54, 1.807) is 0 Å². The van der Waals surface area contributed by atoms with Crippen LogP contribution in [0.25, 0.3) is 0 Å². The number of ether oxygens (including phenoxy) is 1. The minimum Gasteiger partial charge on any atom is -0.444 e. The highest BCUT2D eigenvalue weighted by molar-refractivity contribution is 5.67. The first-order chi connectivity index (χ1) is 10.3. The monoisotopic (exact) mass is 308 g/mol. The number of alkyl carbamates (subject to hydrolysis) is 1. The predicted octanol–water partition coefficient (Wildman–Crippen LogP) is 2.50. The van der Waals surface area contributed by atoms with Gasteiger partial charge in [0.15, 0.2) is 0 Å². The van der Waals surface area contributed by atoms with Gasteiger partial charge in [-0.3, -0.25) is 5.10 Å². The minimum absolute atomic E-state index is 0.330. The van der Waals surface area contributed by atoms with Crippen LogP contribution in [-0.4, -0.2) is 34.5 Å². The number of carbonyl (C=O) groups excluding carboxylic acids is 1. The quantitative estimate of drug-likeness (QED) is 0.781. The summed E-state index contributed by atoms with van der Waals surface area (Å²) in [5.41, 5.74) is 1.86. The van der Waals surface area contributed by atoms with Crippen LogP contribution in [0.2, 0.25) is 0 Å². The van der Waals surface area contributed by atoms with Crippen LogP contribution >= 0.6 is 0 Å². The molecule has 0 aromatic carbocycles. The molecule has 2 unspecified atom stereocenters. The van der Waals surface area contributed by atoms with Gasteiger partial charge in [0.25, 0.3) is 0 Å². The molecular weight excluding hydrogens is 280 g/mol. The van der Waals surface area contributed by atoms with E-state index in [0.29, 0.717) is 18.5 Å². The number of hydrogen-bond donors (Lipinski definition) is 3. The zero-order chi connectivity index (χ0) is 16.2. The van der Waals surface area contributed by atoms with Gasteiger partial charge >= 0.3 is 6.09 Å². The van der Waals surface area contributed by atoms with Crippen molar-refractivity contribution < 1.29 is 9.53 Å². The molecule has 22 heavy (non-hydrogen) atoms. The molecule has 2 atom stereocenters. The van der Waals surface area contributed by atoms with Crippen LogP contribution in [0.3, 0.4) is 0 Å². The molecular formula is C16H28N4O2. The van der Waals surface area contributed by atoms with Crippen LogP contribution in [-0.2, 0) is 11.3 Å². The number of amides is 1. The van der Waals surface area contributed by atoms with Crippen LogP contribution in [0.5, 0.6) is 0 Å². The molecule has 0 radical (unpaired) electrons. The van der Waals surface area contributed by atoms with Crippen LogP contribution in [0.1, 0.15) is 51.3 Å². The lowest BCUT2D eigenvalue weighted by atomic mass is 10.0. The Hall–Kier alpha value is -1.56. The van der Waals surface area contributed by atoms with Gasteiger partial charge in [0.05, 0.1) is 6.20 Å². The molecule has 6 nitrogen and oxygen atoms in total. The average Bonchev–Trinajstić information content (AvgIpc) is 3.00. The summed E-state index contributed by atoms with van der Waals surface area (Å²) in [6, 6.07) is 0.434. The summed E-state index contributed by atoms with van der Waals surface area (Å²) >= 11 is 0. The van der Waals surface area contributed by atoms with Crippen LogP contribution in [0.15, 0.2) is 6.20 Å². The molecule has 0 bridgehead atoms. The number of nitrogens with one attached hydrogen (secondary N) is 3. The highest BCUT2D eigenvalue weighted by atomic mass is 16.6. The van der Waals surface area contributed by atoms with E-state index in [-0.39, 0.29) is 6.09 Å². The normalized spacial score (nSPS) is 21.8. The van der Waals surface area contributed by atoms with Crippen molar-refractivity contribution >= 4 is 6.09 Å². The first-order valence-electron chi connectivity index (χ1n) is 8.04. The third-order valence-electron chi connectivity index (χ3n) is 4.06. The highest BCUT2D eigenvalue weighted by Gasteiger charge is 2.28. The predicted molar refractivity (Wildman–Crippen MR) is 85.5 cm³/mol. The first-order valence-corrected chi connectivity index (χ1v) is 8.04. The van der Waals surface area contributed by atoms with Gasteiger partial charge < -0.3 is 15.4 Å². The summed E-state index contributed by atoms with van der Waals surface area (Å²) in [5, 5.41) is 13.5. The Balaban J connectivity index is 1.76. The Labute approximate surface area is 132 Å². The van der Waals surface area contributed by atoms with Crippen LogP contribution in [0.4, 0.5) is 4.79 Å². The average molecular weight is 308 g/mol. The molecule has 3 N–H and O–H groups in total. The topological polar surface area (TPSA) is 79.0 Å². The fourth-order valence-electron chi connectivity index (χ4n) is 2.87. The molecule has 2 rings (SSSR count). The van der Waals surface area contributed by atoms with E-state index in [4.69, 9.17) is 4.74 Å². The molecule has 0 spiro atoms. The van der Waals surface area contributed by atoms with Gasteiger partial charge in [-0.1, -0.05) is 6.42 Å². The molecule has 124 valence electrons. The Morgan fingerprint density at radius 2 is 2.23 bits per heavy atom. The van der Waals surface area contributed by atoms with E-state index >= 15 is 0 Å². The number of nitrogens with zero attached hydrogens (tertiary/aromatic N) is 1. The summed E-state index contributed by atoms with van der Waals surface area (Å²) in [5.74, 6) is 0.458. The Morgan fingerprint density at radius 3 is 2.86 bits per heavy atom. The van der Waals surface area contributed by atoms with Gasteiger partial charge in [-0.05, 0) is 46.5 Å². The number of carbonyl (C=O) groups is 1. The maximum absolute atomic E-state index is 11.7. The third kappa shape index (κ3) is 5.02. The van der Waals surface area contributed by atoms with Crippen molar-refractivity contribution in [2.45, 2.75) is 65.1 Å². The van der Waals surface area contributed by atoms with Crippen molar-refractivity contribution in [3.05, 3.63) is 17.5 Å². The summed E-state index contributed by atoms with van der Waals surface area (Å²) in [4.78, 5) is 11.7. The van der Waals surface area contributed by atoms with Gasteiger partial charge in [-0.15, -0.1) is 0 Å². The molecule has 1 saturated carbocycles. The fraction of sp³-hybridized carbons (Fsp3) is 0.750. The summed E-state index contributed by atoms with van der Waals surface area (Å²) < 4.78 is 5.28. The Kier molecular flexibility index (Phi) is 5.45. The molecule has 0 saturated heterocycles. The molecule has 1 aliphatic rings. The maximum Gasteiger partial charge on any atom is 0.407 e.